The van der Waals surface area contributed by atoms with E-state index in [2.05, 4.69) is 22.4 Å². The fourth-order valence-corrected chi connectivity index (χ4v) is 2.51. The van der Waals surface area contributed by atoms with Gasteiger partial charge in [0, 0.05) is 24.5 Å². The molecule has 2 heterocycles. The van der Waals surface area contributed by atoms with E-state index >= 15 is 0 Å². The van der Waals surface area contributed by atoms with Crippen LogP contribution in [0.2, 0.25) is 0 Å². The topological polar surface area (TPSA) is 56.7 Å². The zero-order chi connectivity index (χ0) is 12.3. The molecular weight excluding hydrogens is 232 g/mol. The van der Waals surface area contributed by atoms with Crippen LogP contribution in [0.25, 0.3) is 0 Å². The zero-order valence-electron chi connectivity index (χ0n) is 10.3. The highest BCUT2D eigenvalue weighted by Gasteiger charge is 2.13. The number of hydrogen-bond acceptors (Lipinski definition) is 4. The first-order chi connectivity index (χ1) is 8.20. The van der Waals surface area contributed by atoms with Gasteiger partial charge in [0.2, 0.25) is 0 Å². The Hall–Kier alpha value is -1.20. The Morgan fingerprint density at radius 1 is 1.53 bits per heavy atom. The van der Waals surface area contributed by atoms with Gasteiger partial charge in [-0.2, -0.15) is 5.10 Å². The predicted octanol–water partition coefficient (Wildman–Crippen LogP) is 2.30. The Bertz CT molecular complexity index is 474. The second-order valence-electron chi connectivity index (χ2n) is 4.15. The van der Waals surface area contributed by atoms with Crippen molar-refractivity contribution in [3.8, 4) is 0 Å². The number of aromatic nitrogens is 3. The number of nitrogens with zero attached hydrogens (tertiary/aromatic N) is 3. The molecule has 4 nitrogen and oxygen atoms in total. The van der Waals surface area contributed by atoms with Crippen LogP contribution >= 0.6 is 11.3 Å². The number of rotatable bonds is 5. The largest absolute Gasteiger partial charge is 0.322 e. The maximum Gasteiger partial charge on any atom is 0.0897 e. The number of thiazole rings is 1. The number of hydrogen-bond donors (Lipinski definition) is 1. The van der Waals surface area contributed by atoms with E-state index in [0.29, 0.717) is 0 Å². The molecule has 0 amide bonds. The van der Waals surface area contributed by atoms with Crippen LogP contribution in [0, 0.1) is 6.92 Å². The van der Waals surface area contributed by atoms with E-state index in [1.807, 2.05) is 23.9 Å². The molecule has 0 aliphatic rings. The van der Waals surface area contributed by atoms with Crippen LogP contribution in [-0.2, 0) is 13.0 Å². The quantitative estimate of drug-likeness (QED) is 0.886. The summed E-state index contributed by atoms with van der Waals surface area (Å²) in [5.41, 5.74) is 8.38. The average Bonchev–Trinajstić information content (AvgIpc) is 2.88. The summed E-state index contributed by atoms with van der Waals surface area (Å²) in [5.74, 6) is 0. The van der Waals surface area contributed by atoms with E-state index in [1.165, 1.54) is 0 Å². The Labute approximate surface area is 105 Å². The Morgan fingerprint density at radius 3 is 3.00 bits per heavy atom. The van der Waals surface area contributed by atoms with Gasteiger partial charge < -0.3 is 5.73 Å². The molecule has 0 saturated carbocycles. The molecule has 2 aromatic rings. The molecule has 1 atom stereocenters. The smallest absolute Gasteiger partial charge is 0.0897 e. The third-order valence-electron chi connectivity index (χ3n) is 2.66. The molecule has 0 radical (unpaired) electrons. The van der Waals surface area contributed by atoms with Crippen molar-refractivity contribution in [2.75, 3.05) is 0 Å². The molecule has 0 aromatic carbocycles. The molecule has 0 fully saturated rings. The van der Waals surface area contributed by atoms with Crippen molar-refractivity contribution >= 4 is 11.3 Å². The van der Waals surface area contributed by atoms with E-state index in [4.69, 9.17) is 5.73 Å². The van der Waals surface area contributed by atoms with Crippen LogP contribution in [0.3, 0.4) is 0 Å². The first-order valence-corrected chi connectivity index (χ1v) is 6.77. The lowest BCUT2D eigenvalue weighted by Gasteiger charge is -2.12. The molecule has 17 heavy (non-hydrogen) atoms. The maximum absolute atomic E-state index is 6.22. The minimum absolute atomic E-state index is 0.0226. The van der Waals surface area contributed by atoms with Gasteiger partial charge >= 0.3 is 0 Å². The summed E-state index contributed by atoms with van der Waals surface area (Å²) in [4.78, 5) is 4.45. The van der Waals surface area contributed by atoms with E-state index in [-0.39, 0.29) is 6.04 Å². The SMILES string of the molecule is CCCn1nccc1C(N)Cc1csc(C)n1. The van der Waals surface area contributed by atoms with Crippen molar-refractivity contribution < 1.29 is 0 Å². The van der Waals surface area contributed by atoms with Gasteiger partial charge in [-0.3, -0.25) is 4.68 Å². The highest BCUT2D eigenvalue weighted by molar-refractivity contribution is 7.09. The maximum atomic E-state index is 6.22. The normalized spacial score (nSPS) is 12.9. The lowest BCUT2D eigenvalue weighted by atomic mass is 10.1. The average molecular weight is 250 g/mol. The van der Waals surface area contributed by atoms with Crippen LogP contribution in [0.4, 0.5) is 0 Å². The molecule has 2 aromatic heterocycles. The Kier molecular flexibility index (Phi) is 3.91. The van der Waals surface area contributed by atoms with Gasteiger partial charge in [0.15, 0.2) is 0 Å². The highest BCUT2D eigenvalue weighted by atomic mass is 32.1. The van der Waals surface area contributed by atoms with Crippen molar-refractivity contribution in [1.29, 1.82) is 0 Å². The van der Waals surface area contributed by atoms with Crippen molar-refractivity contribution in [2.45, 2.75) is 39.3 Å². The van der Waals surface area contributed by atoms with Crippen molar-refractivity contribution in [3.05, 3.63) is 34.0 Å². The van der Waals surface area contributed by atoms with Gasteiger partial charge in [-0.05, 0) is 19.4 Å². The first-order valence-electron chi connectivity index (χ1n) is 5.89. The molecule has 2 N–H and O–H groups in total. The van der Waals surface area contributed by atoms with Gasteiger partial charge in [0.05, 0.1) is 22.4 Å². The Morgan fingerprint density at radius 2 is 2.35 bits per heavy atom. The molecule has 0 spiro atoms. The van der Waals surface area contributed by atoms with E-state index in [1.54, 1.807) is 11.3 Å². The van der Waals surface area contributed by atoms with E-state index < -0.39 is 0 Å². The van der Waals surface area contributed by atoms with Crippen molar-refractivity contribution in [2.24, 2.45) is 5.73 Å². The Balaban J connectivity index is 2.08. The van der Waals surface area contributed by atoms with Gasteiger partial charge in [0.1, 0.15) is 0 Å². The minimum Gasteiger partial charge on any atom is -0.322 e. The second kappa shape index (κ2) is 5.42. The van der Waals surface area contributed by atoms with Crippen LogP contribution in [0.5, 0.6) is 0 Å². The van der Waals surface area contributed by atoms with Crippen LogP contribution in [0.15, 0.2) is 17.6 Å². The fraction of sp³-hybridized carbons (Fsp3) is 0.500. The van der Waals surface area contributed by atoms with Crippen molar-refractivity contribution in [1.82, 2.24) is 14.8 Å². The summed E-state index contributed by atoms with van der Waals surface area (Å²) in [6.45, 7) is 5.08. The van der Waals surface area contributed by atoms with Crippen LogP contribution in [0.1, 0.15) is 35.8 Å². The third kappa shape index (κ3) is 2.92. The number of aryl methyl sites for hydroxylation is 2. The summed E-state index contributed by atoms with van der Waals surface area (Å²) < 4.78 is 1.99. The molecule has 92 valence electrons. The lowest BCUT2D eigenvalue weighted by Crippen LogP contribution is -2.18. The predicted molar refractivity (Wildman–Crippen MR) is 70.0 cm³/mol. The molecule has 1 unspecified atom stereocenters. The number of nitrogens with two attached hydrogens (primary N) is 1. The first kappa shape index (κ1) is 12.3. The van der Waals surface area contributed by atoms with E-state index in [9.17, 15) is 0 Å². The molecule has 0 saturated heterocycles. The molecule has 5 heteroatoms. The monoisotopic (exact) mass is 250 g/mol. The van der Waals surface area contributed by atoms with Crippen molar-refractivity contribution in [3.63, 3.8) is 0 Å². The van der Waals surface area contributed by atoms with Gasteiger partial charge in [-0.25, -0.2) is 4.98 Å². The summed E-state index contributed by atoms with van der Waals surface area (Å²) in [6, 6.07) is 1.98. The summed E-state index contributed by atoms with van der Waals surface area (Å²) in [6.07, 6.45) is 3.66. The third-order valence-corrected chi connectivity index (χ3v) is 3.48. The summed E-state index contributed by atoms with van der Waals surface area (Å²) in [7, 11) is 0. The molecule has 0 aliphatic heterocycles. The van der Waals surface area contributed by atoms with Crippen LogP contribution < -0.4 is 5.73 Å². The van der Waals surface area contributed by atoms with Gasteiger partial charge in [-0.15, -0.1) is 11.3 Å². The second-order valence-corrected chi connectivity index (χ2v) is 5.21. The zero-order valence-corrected chi connectivity index (χ0v) is 11.1. The molecule has 2 rings (SSSR count). The van der Waals surface area contributed by atoms with Crippen LogP contribution in [-0.4, -0.2) is 14.8 Å². The molecule has 0 bridgehead atoms. The van der Waals surface area contributed by atoms with Gasteiger partial charge in [-0.1, -0.05) is 6.92 Å². The molecular formula is C12H18N4S. The summed E-state index contributed by atoms with van der Waals surface area (Å²) >= 11 is 1.67. The molecule has 0 aliphatic carbocycles. The minimum atomic E-state index is -0.0226. The summed E-state index contributed by atoms with van der Waals surface area (Å²) in [5, 5.41) is 7.46. The standard InChI is InChI=1S/C12H18N4S/c1-3-6-16-12(4-5-14-16)11(13)7-10-8-17-9(2)15-10/h4-5,8,11H,3,6-7,13H2,1-2H3. The fourth-order valence-electron chi connectivity index (χ4n) is 1.89. The lowest BCUT2D eigenvalue weighted by molar-refractivity contribution is 0.536. The highest BCUT2D eigenvalue weighted by Crippen LogP contribution is 2.17. The van der Waals surface area contributed by atoms with Gasteiger partial charge in [0.25, 0.3) is 0 Å². The van der Waals surface area contributed by atoms with E-state index in [0.717, 1.165) is 35.8 Å².